The predicted octanol–water partition coefficient (Wildman–Crippen LogP) is 3.99. The zero-order chi connectivity index (χ0) is 39.7. The summed E-state index contributed by atoms with van der Waals surface area (Å²) in [5.41, 5.74) is 5.37. The molecule has 56 heavy (non-hydrogen) atoms. The Balaban J connectivity index is 1.23. The van der Waals surface area contributed by atoms with Crippen LogP contribution in [0, 0.1) is 18.8 Å². The lowest BCUT2D eigenvalue weighted by molar-refractivity contribution is -0.130. The minimum Gasteiger partial charge on any atom is -0.465 e. The summed E-state index contributed by atoms with van der Waals surface area (Å²) in [4.78, 5) is 51.3. The number of tetrazole rings is 1. The van der Waals surface area contributed by atoms with E-state index >= 15 is 0 Å². The van der Waals surface area contributed by atoms with Gasteiger partial charge in [-0.05, 0) is 102 Å². The van der Waals surface area contributed by atoms with E-state index in [0.717, 1.165) is 27.8 Å². The summed E-state index contributed by atoms with van der Waals surface area (Å²) >= 11 is 0. The molecular formula is C40H50N8O8. The van der Waals surface area contributed by atoms with Crippen molar-refractivity contribution in [1.82, 2.24) is 36.6 Å². The number of carbonyl (C=O) groups excluding carboxylic acids is 3. The molecule has 1 aromatic heterocycles. The van der Waals surface area contributed by atoms with Crippen LogP contribution in [-0.2, 0) is 30.2 Å². The highest BCUT2D eigenvalue weighted by molar-refractivity contribution is 5.98. The van der Waals surface area contributed by atoms with Crippen molar-refractivity contribution in [2.45, 2.75) is 45.1 Å². The van der Waals surface area contributed by atoms with Gasteiger partial charge in [0.2, 0.25) is 17.6 Å². The topological polar surface area (TPSA) is 219 Å². The van der Waals surface area contributed by atoms with E-state index in [2.05, 4.69) is 41.9 Å². The first-order valence-electron chi connectivity index (χ1n) is 18.7. The van der Waals surface area contributed by atoms with Gasteiger partial charge in [-0.25, -0.2) is 4.79 Å². The van der Waals surface area contributed by atoms with Crippen LogP contribution in [0.1, 0.15) is 47.2 Å². The quantitative estimate of drug-likeness (QED) is 0.0706. The molecule has 0 radical (unpaired) electrons. The number of benzene rings is 3. The van der Waals surface area contributed by atoms with Crippen molar-refractivity contribution in [3.63, 3.8) is 0 Å². The van der Waals surface area contributed by atoms with Crippen molar-refractivity contribution >= 4 is 29.5 Å². The molecular weight excluding hydrogens is 720 g/mol. The van der Waals surface area contributed by atoms with Gasteiger partial charge < -0.3 is 40.6 Å². The Kier molecular flexibility index (Phi) is 15.8. The van der Waals surface area contributed by atoms with Crippen molar-refractivity contribution < 1.29 is 38.5 Å². The molecule has 1 aliphatic carbocycles. The molecule has 0 spiro atoms. The maximum absolute atomic E-state index is 13.9. The van der Waals surface area contributed by atoms with Crippen LogP contribution in [0.25, 0.3) is 22.5 Å². The largest absolute Gasteiger partial charge is 0.465 e. The first-order chi connectivity index (χ1) is 27.2. The molecule has 5 rings (SSSR count). The molecule has 1 atom stereocenters. The van der Waals surface area contributed by atoms with E-state index in [0.29, 0.717) is 88.9 Å². The number of methoxy groups -OCH3 is 1. The van der Waals surface area contributed by atoms with Gasteiger partial charge in [-0.3, -0.25) is 14.4 Å². The number of aryl methyl sites for hydroxylation is 1. The molecule has 1 saturated carbocycles. The summed E-state index contributed by atoms with van der Waals surface area (Å²) in [7, 11) is 1.62. The number of rotatable bonds is 20. The van der Waals surface area contributed by atoms with Gasteiger partial charge in [0.15, 0.2) is 0 Å². The third-order valence-corrected chi connectivity index (χ3v) is 9.65. The molecule has 298 valence electrons. The lowest BCUT2D eigenvalue weighted by atomic mass is 9.81. The van der Waals surface area contributed by atoms with E-state index in [9.17, 15) is 19.2 Å². The zero-order valence-corrected chi connectivity index (χ0v) is 31.7. The van der Waals surface area contributed by atoms with E-state index < -0.39 is 12.1 Å². The second kappa shape index (κ2) is 21.4. The summed E-state index contributed by atoms with van der Waals surface area (Å²) < 4.78 is 15.8. The Labute approximate surface area is 325 Å². The number of anilines is 1. The van der Waals surface area contributed by atoms with Crippen LogP contribution in [0.3, 0.4) is 0 Å². The van der Waals surface area contributed by atoms with Gasteiger partial charge in [0, 0.05) is 49.4 Å². The van der Waals surface area contributed by atoms with Crippen LogP contribution in [0.2, 0.25) is 0 Å². The molecule has 4 amide bonds. The SMILES string of the molecule is COCCOCCOCCNC(=O)c1ccc(-c2cccc(C[C@H](NC(=O)C3CCC(CNC(=O)O)CC3)C(=O)Nc3ccc(-c4nn[nH]n4)cc3)c2)c(C)c1. The van der Waals surface area contributed by atoms with E-state index in [1.54, 1.807) is 37.4 Å². The van der Waals surface area contributed by atoms with Gasteiger partial charge in [0.25, 0.3) is 5.91 Å². The van der Waals surface area contributed by atoms with Gasteiger partial charge in [-0.15, -0.1) is 10.2 Å². The summed E-state index contributed by atoms with van der Waals surface area (Å²) in [5, 5.41) is 34.2. The minimum atomic E-state index is -1.06. The highest BCUT2D eigenvalue weighted by atomic mass is 16.5. The summed E-state index contributed by atoms with van der Waals surface area (Å²) in [5.74, 6) is -0.478. The second-order valence-electron chi connectivity index (χ2n) is 13.7. The van der Waals surface area contributed by atoms with Crippen molar-refractivity contribution in [2.24, 2.45) is 11.8 Å². The Bertz CT molecular complexity index is 1880. The number of hydrogen-bond acceptors (Lipinski definition) is 10. The van der Waals surface area contributed by atoms with Crippen molar-refractivity contribution in [3.05, 3.63) is 83.4 Å². The minimum absolute atomic E-state index is 0.168. The van der Waals surface area contributed by atoms with Crippen LogP contribution in [-0.4, -0.2) is 109 Å². The Morgan fingerprint density at radius 1 is 0.875 bits per heavy atom. The number of H-pyrrole nitrogens is 1. The number of aromatic nitrogens is 4. The number of carbonyl (C=O) groups is 4. The van der Waals surface area contributed by atoms with Crippen LogP contribution in [0.15, 0.2) is 66.7 Å². The maximum atomic E-state index is 13.9. The van der Waals surface area contributed by atoms with E-state index in [1.165, 1.54) is 0 Å². The normalized spacial score (nSPS) is 15.8. The molecule has 1 fully saturated rings. The number of nitrogens with zero attached hydrogens (tertiary/aromatic N) is 3. The Morgan fingerprint density at radius 3 is 2.32 bits per heavy atom. The fourth-order valence-corrected chi connectivity index (χ4v) is 6.61. The molecule has 1 heterocycles. The molecule has 1 aliphatic rings. The van der Waals surface area contributed by atoms with Crippen molar-refractivity contribution in [1.29, 1.82) is 0 Å². The number of hydrogen-bond donors (Lipinski definition) is 6. The number of carboxylic acid groups (broad SMARTS) is 1. The molecule has 0 bridgehead atoms. The molecule has 16 heteroatoms. The van der Waals surface area contributed by atoms with Gasteiger partial charge >= 0.3 is 6.09 Å². The van der Waals surface area contributed by atoms with Crippen LogP contribution in [0.4, 0.5) is 10.5 Å². The third kappa shape index (κ3) is 12.7. The summed E-state index contributed by atoms with van der Waals surface area (Å²) in [6.45, 7) is 4.95. The molecule has 0 unspecified atom stereocenters. The molecule has 0 saturated heterocycles. The van der Waals surface area contributed by atoms with Gasteiger partial charge in [-0.2, -0.15) is 5.21 Å². The first-order valence-corrected chi connectivity index (χ1v) is 18.7. The van der Waals surface area contributed by atoms with E-state index in [4.69, 9.17) is 19.3 Å². The third-order valence-electron chi connectivity index (χ3n) is 9.65. The summed E-state index contributed by atoms with van der Waals surface area (Å²) in [6, 6.07) is 19.4. The maximum Gasteiger partial charge on any atom is 0.404 e. The van der Waals surface area contributed by atoms with Gasteiger partial charge in [-0.1, -0.05) is 30.3 Å². The van der Waals surface area contributed by atoms with Gasteiger partial charge in [0.1, 0.15) is 6.04 Å². The first kappa shape index (κ1) is 41.5. The highest BCUT2D eigenvalue weighted by Crippen LogP contribution is 2.29. The smallest absolute Gasteiger partial charge is 0.404 e. The summed E-state index contributed by atoms with van der Waals surface area (Å²) in [6.07, 6.45) is 1.80. The molecule has 16 nitrogen and oxygen atoms in total. The lowest BCUT2D eigenvalue weighted by Gasteiger charge is -2.29. The van der Waals surface area contributed by atoms with Crippen molar-refractivity contribution in [3.8, 4) is 22.5 Å². The average Bonchev–Trinajstić information content (AvgIpc) is 3.75. The highest BCUT2D eigenvalue weighted by Gasteiger charge is 2.30. The fraction of sp³-hybridized carbons (Fsp3) is 0.425. The number of amides is 4. The Hall–Kier alpha value is -5.71. The number of ether oxygens (including phenoxy) is 3. The number of aromatic amines is 1. The van der Waals surface area contributed by atoms with Crippen LogP contribution >= 0.6 is 0 Å². The molecule has 3 aromatic carbocycles. The monoisotopic (exact) mass is 770 g/mol. The molecule has 0 aliphatic heterocycles. The van der Waals surface area contributed by atoms with Crippen LogP contribution in [0.5, 0.6) is 0 Å². The Morgan fingerprint density at radius 2 is 1.62 bits per heavy atom. The second-order valence-corrected chi connectivity index (χ2v) is 13.7. The predicted molar refractivity (Wildman–Crippen MR) is 208 cm³/mol. The van der Waals surface area contributed by atoms with Crippen LogP contribution < -0.4 is 21.3 Å². The molecule has 6 N–H and O–H groups in total. The average molecular weight is 771 g/mol. The zero-order valence-electron chi connectivity index (χ0n) is 31.7. The molecule has 4 aromatic rings. The fourth-order valence-electron chi connectivity index (χ4n) is 6.61. The van der Waals surface area contributed by atoms with E-state index in [1.807, 2.05) is 43.3 Å². The van der Waals surface area contributed by atoms with E-state index in [-0.39, 0.29) is 36.0 Å². The standard InChI is InChI=1S/C40H50N8O8/c1-26-22-32(37(49)41-16-17-55-20-21-56-19-18-54-2)12-15-34(26)31-5-3-4-28(23-31)24-35(44-38(50)30-8-6-27(7-9-30)25-42-40(52)53)39(51)43-33-13-10-29(11-14-33)36-45-47-48-46-36/h3-5,10-15,22-23,27,30,35,42H,6-9,16-21,24-25H2,1-2H3,(H,41,49)(H,43,51)(H,44,50)(H,52,53)(H,45,46,47,48)/t27?,30?,35-/m0/s1. The van der Waals surface area contributed by atoms with Gasteiger partial charge in [0.05, 0.1) is 33.0 Å². The number of nitrogens with one attached hydrogen (secondary N) is 5. The lowest BCUT2D eigenvalue weighted by Crippen LogP contribution is -2.48. The van der Waals surface area contributed by atoms with Crippen molar-refractivity contribution in [2.75, 3.05) is 58.6 Å².